The van der Waals surface area contributed by atoms with Crippen molar-refractivity contribution in [1.29, 1.82) is 0 Å². The van der Waals surface area contributed by atoms with E-state index in [4.69, 9.17) is 9.47 Å². The van der Waals surface area contributed by atoms with Gasteiger partial charge in [-0.2, -0.15) is 0 Å². The fourth-order valence-electron chi connectivity index (χ4n) is 0.937. The molecule has 64 valence electrons. The zero-order valence-corrected chi connectivity index (χ0v) is 7.00. The Kier molecular flexibility index (Phi) is 2.88. The van der Waals surface area contributed by atoms with Crippen molar-refractivity contribution in [3.8, 4) is 0 Å². The molecule has 0 amide bonds. The van der Waals surface area contributed by atoms with Gasteiger partial charge in [0.15, 0.2) is 6.10 Å². The van der Waals surface area contributed by atoms with E-state index in [9.17, 15) is 4.79 Å². The first-order valence-corrected chi connectivity index (χ1v) is 3.98. The largest absolute Gasteiger partial charge is 0.464 e. The summed E-state index contributed by atoms with van der Waals surface area (Å²) in [4.78, 5) is 10.8. The number of carbonyl (C=O) groups excluding carboxylic acids is 1. The van der Waals surface area contributed by atoms with Crippen molar-refractivity contribution in [2.75, 3.05) is 13.2 Å². The molecule has 3 heteroatoms. The third-order valence-corrected chi connectivity index (χ3v) is 1.52. The van der Waals surface area contributed by atoms with Gasteiger partial charge in [0.05, 0.1) is 13.2 Å². The molecule has 11 heavy (non-hydrogen) atoms. The number of esters is 1. The molecule has 1 heterocycles. The molecule has 0 aromatic rings. The topological polar surface area (TPSA) is 35.5 Å². The minimum absolute atomic E-state index is 0.203. The lowest BCUT2D eigenvalue weighted by Gasteiger charge is -2.09. The molecule has 1 fully saturated rings. The number of hydrogen-bond acceptors (Lipinski definition) is 3. The van der Waals surface area contributed by atoms with Crippen LogP contribution in [-0.2, 0) is 14.3 Å². The second-order valence-electron chi connectivity index (χ2n) is 3.17. The average Bonchev–Trinajstić information content (AvgIpc) is 2.31. The van der Waals surface area contributed by atoms with Crippen LogP contribution in [0.15, 0.2) is 0 Å². The maximum atomic E-state index is 10.8. The van der Waals surface area contributed by atoms with Crippen molar-refractivity contribution in [2.24, 2.45) is 5.92 Å². The van der Waals surface area contributed by atoms with Crippen LogP contribution in [0.5, 0.6) is 0 Å². The standard InChI is InChI=1S/C8H14O3/c1-6(2)5-11-7-3-4-10-8(7)9/h6-7H,3-5H2,1-2H3. The lowest BCUT2D eigenvalue weighted by atomic mass is 10.2. The molecule has 3 nitrogen and oxygen atoms in total. The summed E-state index contributed by atoms with van der Waals surface area (Å²) in [5.41, 5.74) is 0. The summed E-state index contributed by atoms with van der Waals surface area (Å²) in [6, 6.07) is 0. The van der Waals surface area contributed by atoms with E-state index in [1.807, 2.05) is 0 Å². The molecular weight excluding hydrogens is 144 g/mol. The molecule has 0 saturated carbocycles. The first-order valence-electron chi connectivity index (χ1n) is 3.98. The van der Waals surface area contributed by atoms with E-state index in [2.05, 4.69) is 13.8 Å². The summed E-state index contributed by atoms with van der Waals surface area (Å²) < 4.78 is 10.0. The Bertz CT molecular complexity index is 142. The lowest BCUT2D eigenvalue weighted by molar-refractivity contribution is -0.147. The van der Waals surface area contributed by atoms with Gasteiger partial charge in [-0.3, -0.25) is 0 Å². The number of carbonyl (C=O) groups is 1. The summed E-state index contributed by atoms with van der Waals surface area (Å²) in [5.74, 6) is 0.272. The van der Waals surface area contributed by atoms with Crippen LogP contribution in [0, 0.1) is 5.92 Å². The highest BCUT2D eigenvalue weighted by atomic mass is 16.6. The Morgan fingerprint density at radius 1 is 1.73 bits per heavy atom. The molecule has 0 N–H and O–H groups in total. The van der Waals surface area contributed by atoms with Gasteiger partial charge in [0, 0.05) is 6.42 Å². The normalized spacial score (nSPS) is 24.3. The van der Waals surface area contributed by atoms with Crippen LogP contribution in [-0.4, -0.2) is 25.3 Å². The van der Waals surface area contributed by atoms with Crippen molar-refractivity contribution in [3.05, 3.63) is 0 Å². The summed E-state index contributed by atoms with van der Waals surface area (Å²) in [7, 11) is 0. The predicted molar refractivity (Wildman–Crippen MR) is 40.2 cm³/mol. The Labute approximate surface area is 66.7 Å². The molecule has 0 aromatic carbocycles. The fraction of sp³-hybridized carbons (Fsp3) is 0.875. The van der Waals surface area contributed by atoms with Gasteiger partial charge in [0.1, 0.15) is 0 Å². The smallest absolute Gasteiger partial charge is 0.335 e. The summed E-state index contributed by atoms with van der Waals surface area (Å²) in [5, 5.41) is 0. The van der Waals surface area contributed by atoms with Crippen molar-refractivity contribution in [2.45, 2.75) is 26.4 Å². The molecule has 0 bridgehead atoms. The molecule has 0 radical (unpaired) electrons. The van der Waals surface area contributed by atoms with E-state index in [0.717, 1.165) is 0 Å². The van der Waals surface area contributed by atoms with Gasteiger partial charge >= 0.3 is 5.97 Å². The summed E-state index contributed by atoms with van der Waals surface area (Å²) in [6.45, 7) is 5.27. The minimum atomic E-state index is -0.294. The maximum Gasteiger partial charge on any atom is 0.335 e. The van der Waals surface area contributed by atoms with Crippen molar-refractivity contribution >= 4 is 5.97 Å². The van der Waals surface area contributed by atoms with Gasteiger partial charge in [-0.1, -0.05) is 13.8 Å². The van der Waals surface area contributed by atoms with Gasteiger partial charge in [-0.25, -0.2) is 4.79 Å². The highest BCUT2D eigenvalue weighted by molar-refractivity contribution is 5.76. The van der Waals surface area contributed by atoms with Crippen LogP contribution in [0.2, 0.25) is 0 Å². The molecule has 0 spiro atoms. The van der Waals surface area contributed by atoms with Crippen molar-refractivity contribution in [1.82, 2.24) is 0 Å². The minimum Gasteiger partial charge on any atom is -0.464 e. The highest BCUT2D eigenvalue weighted by Gasteiger charge is 2.26. The van der Waals surface area contributed by atoms with Crippen LogP contribution in [0.25, 0.3) is 0 Å². The summed E-state index contributed by atoms with van der Waals surface area (Å²) >= 11 is 0. The number of hydrogen-bond donors (Lipinski definition) is 0. The molecule has 1 aliphatic heterocycles. The Balaban J connectivity index is 2.20. The third-order valence-electron chi connectivity index (χ3n) is 1.52. The zero-order chi connectivity index (χ0) is 8.27. The van der Waals surface area contributed by atoms with Gasteiger partial charge in [0.25, 0.3) is 0 Å². The van der Waals surface area contributed by atoms with Crippen LogP contribution < -0.4 is 0 Å². The van der Waals surface area contributed by atoms with Crippen LogP contribution >= 0.6 is 0 Å². The van der Waals surface area contributed by atoms with Gasteiger partial charge in [0.2, 0.25) is 0 Å². The third kappa shape index (κ3) is 2.50. The molecular formula is C8H14O3. The molecule has 1 unspecified atom stereocenters. The number of rotatable bonds is 3. The molecule has 1 atom stereocenters. The van der Waals surface area contributed by atoms with E-state index in [0.29, 0.717) is 25.6 Å². The zero-order valence-electron chi connectivity index (χ0n) is 7.00. The van der Waals surface area contributed by atoms with Crippen LogP contribution in [0.3, 0.4) is 0 Å². The van der Waals surface area contributed by atoms with E-state index in [-0.39, 0.29) is 12.1 Å². The van der Waals surface area contributed by atoms with Crippen LogP contribution in [0.4, 0.5) is 0 Å². The second kappa shape index (κ2) is 3.72. The molecule has 1 rings (SSSR count). The first kappa shape index (κ1) is 8.53. The molecule has 1 aliphatic rings. The fourth-order valence-corrected chi connectivity index (χ4v) is 0.937. The predicted octanol–water partition coefficient (Wildman–Crippen LogP) is 0.974. The summed E-state index contributed by atoms with van der Waals surface area (Å²) in [6.07, 6.45) is 0.420. The number of ether oxygens (including phenoxy) is 2. The van der Waals surface area contributed by atoms with E-state index in [1.165, 1.54) is 0 Å². The highest BCUT2D eigenvalue weighted by Crippen LogP contribution is 2.11. The molecule has 0 aliphatic carbocycles. The average molecular weight is 158 g/mol. The van der Waals surface area contributed by atoms with Crippen LogP contribution in [0.1, 0.15) is 20.3 Å². The maximum absolute atomic E-state index is 10.8. The monoisotopic (exact) mass is 158 g/mol. The quantitative estimate of drug-likeness (QED) is 0.574. The first-order chi connectivity index (χ1) is 5.20. The van der Waals surface area contributed by atoms with Gasteiger partial charge in [-0.05, 0) is 5.92 Å². The van der Waals surface area contributed by atoms with E-state index < -0.39 is 0 Å². The SMILES string of the molecule is CC(C)COC1CCOC1=O. The van der Waals surface area contributed by atoms with Crippen molar-refractivity contribution in [3.63, 3.8) is 0 Å². The number of cyclic esters (lactones) is 1. The van der Waals surface area contributed by atoms with E-state index >= 15 is 0 Å². The van der Waals surface area contributed by atoms with Gasteiger partial charge < -0.3 is 9.47 Å². The van der Waals surface area contributed by atoms with E-state index in [1.54, 1.807) is 0 Å². The second-order valence-corrected chi connectivity index (χ2v) is 3.17. The molecule has 0 aromatic heterocycles. The molecule has 1 saturated heterocycles. The van der Waals surface area contributed by atoms with Gasteiger partial charge in [-0.15, -0.1) is 0 Å². The lowest BCUT2D eigenvalue weighted by Crippen LogP contribution is -2.20. The Morgan fingerprint density at radius 2 is 2.45 bits per heavy atom. The Morgan fingerprint density at radius 3 is 2.91 bits per heavy atom. The Hall–Kier alpha value is -0.570. The van der Waals surface area contributed by atoms with Crippen molar-refractivity contribution < 1.29 is 14.3 Å².